The van der Waals surface area contributed by atoms with Crippen LogP contribution in [-0.4, -0.2) is 55.1 Å². The van der Waals surface area contributed by atoms with Crippen molar-refractivity contribution in [2.24, 2.45) is 5.73 Å². The third-order valence-corrected chi connectivity index (χ3v) is 5.05. The van der Waals surface area contributed by atoms with Gasteiger partial charge in [-0.05, 0) is 58.5 Å². The van der Waals surface area contributed by atoms with Crippen molar-refractivity contribution >= 4 is 0 Å². The molecule has 4 heteroatoms. The van der Waals surface area contributed by atoms with Gasteiger partial charge in [0.15, 0.2) is 0 Å². The molecule has 1 aliphatic rings. The molecule has 1 aromatic carbocycles. The molecule has 0 bridgehead atoms. The number of hydrogen-bond acceptors (Lipinski definition) is 3. The molecule has 118 valence electrons. The molecule has 2 rings (SSSR count). The first kappa shape index (κ1) is 16.4. The van der Waals surface area contributed by atoms with E-state index in [2.05, 4.69) is 30.8 Å². The summed E-state index contributed by atoms with van der Waals surface area (Å²) in [5, 5.41) is 0. The van der Waals surface area contributed by atoms with Gasteiger partial charge in [-0.15, -0.1) is 0 Å². The van der Waals surface area contributed by atoms with Gasteiger partial charge in [0.25, 0.3) is 0 Å². The number of halogens is 1. The lowest BCUT2D eigenvalue weighted by atomic mass is 9.90. The Morgan fingerprint density at radius 1 is 1.43 bits per heavy atom. The van der Waals surface area contributed by atoms with E-state index in [9.17, 15) is 4.39 Å². The highest BCUT2D eigenvalue weighted by atomic mass is 19.1. The normalized spacial score (nSPS) is 22.7. The van der Waals surface area contributed by atoms with Gasteiger partial charge in [0.1, 0.15) is 5.82 Å². The third-order valence-electron chi connectivity index (χ3n) is 5.05. The second-order valence-corrected chi connectivity index (χ2v) is 6.63. The molecule has 0 radical (unpaired) electrons. The molecule has 0 saturated carbocycles. The second-order valence-electron chi connectivity index (χ2n) is 6.63. The molecule has 3 nitrogen and oxygen atoms in total. The summed E-state index contributed by atoms with van der Waals surface area (Å²) in [6, 6.07) is 7.59. The Labute approximate surface area is 127 Å². The molecule has 1 aromatic rings. The maximum Gasteiger partial charge on any atom is 0.126 e. The number of hydrogen-bond donors (Lipinski definition) is 1. The Morgan fingerprint density at radius 2 is 2.14 bits per heavy atom. The van der Waals surface area contributed by atoms with Crippen molar-refractivity contribution in [3.05, 3.63) is 35.6 Å². The minimum absolute atomic E-state index is 0.136. The molecular weight excluding hydrogens is 265 g/mol. The van der Waals surface area contributed by atoms with Crippen molar-refractivity contribution in [2.45, 2.75) is 37.8 Å². The first-order valence-electron chi connectivity index (χ1n) is 7.81. The van der Waals surface area contributed by atoms with E-state index in [1.165, 1.54) is 25.5 Å². The minimum atomic E-state index is -0.217. The minimum Gasteiger partial charge on any atom is -0.329 e. The Balaban J connectivity index is 2.07. The van der Waals surface area contributed by atoms with Crippen LogP contribution < -0.4 is 5.73 Å². The van der Waals surface area contributed by atoms with Gasteiger partial charge in [0.2, 0.25) is 0 Å². The molecule has 1 fully saturated rings. The zero-order valence-corrected chi connectivity index (χ0v) is 13.5. The van der Waals surface area contributed by atoms with Gasteiger partial charge in [-0.25, -0.2) is 4.39 Å². The molecule has 0 aromatic heterocycles. The molecule has 2 unspecified atom stereocenters. The number of nitrogens with two attached hydrogens (primary N) is 1. The number of likely N-dealkylation sites (N-methyl/N-ethyl adjacent to an activating group) is 2. The smallest absolute Gasteiger partial charge is 0.126 e. The number of rotatable bonds is 6. The van der Waals surface area contributed by atoms with Crippen molar-refractivity contribution < 1.29 is 4.39 Å². The predicted molar refractivity (Wildman–Crippen MR) is 85.8 cm³/mol. The van der Waals surface area contributed by atoms with E-state index in [1.807, 2.05) is 12.1 Å². The summed E-state index contributed by atoms with van der Waals surface area (Å²) in [4.78, 5) is 4.72. The molecule has 1 heterocycles. The zero-order valence-electron chi connectivity index (χ0n) is 13.5. The van der Waals surface area contributed by atoms with Crippen LogP contribution in [0.2, 0.25) is 0 Å². The lowest BCUT2D eigenvalue weighted by Crippen LogP contribution is -2.54. The highest BCUT2D eigenvalue weighted by Crippen LogP contribution is 2.23. The van der Waals surface area contributed by atoms with Crippen molar-refractivity contribution in [1.82, 2.24) is 9.80 Å². The highest BCUT2D eigenvalue weighted by Gasteiger charge is 2.32. The van der Waals surface area contributed by atoms with Crippen LogP contribution >= 0.6 is 0 Å². The van der Waals surface area contributed by atoms with E-state index in [4.69, 9.17) is 5.73 Å². The summed E-state index contributed by atoms with van der Waals surface area (Å²) in [5.41, 5.74) is 6.57. The number of likely N-dealkylation sites (tertiary alicyclic amines) is 1. The van der Waals surface area contributed by atoms with Crippen molar-refractivity contribution in [3.8, 4) is 0 Å². The van der Waals surface area contributed by atoms with Gasteiger partial charge in [0, 0.05) is 24.7 Å². The van der Waals surface area contributed by atoms with E-state index in [1.54, 1.807) is 6.07 Å². The van der Waals surface area contributed by atoms with Crippen LogP contribution in [-0.2, 0) is 6.42 Å². The van der Waals surface area contributed by atoms with Crippen molar-refractivity contribution in [2.75, 3.05) is 33.7 Å². The topological polar surface area (TPSA) is 32.5 Å². The maximum atomic E-state index is 13.9. The summed E-state index contributed by atoms with van der Waals surface area (Å²) in [6.07, 6.45) is 3.14. The van der Waals surface area contributed by atoms with E-state index in [0.717, 1.165) is 12.1 Å². The molecule has 0 spiro atoms. The standard InChI is InChI=1S/C17H28FN3/c1-17(13-19,11-14-7-4-5-9-16(14)18)21(3)12-15-8-6-10-20(15)2/h4-5,7,9,15H,6,8,10-13,19H2,1-3H3. The SMILES string of the molecule is CN1CCCC1CN(C)C(C)(CN)Cc1ccccc1F. The van der Waals surface area contributed by atoms with Gasteiger partial charge in [-0.2, -0.15) is 0 Å². The molecular formula is C17H28FN3. The van der Waals surface area contributed by atoms with Crippen LogP contribution in [0.25, 0.3) is 0 Å². The Hall–Kier alpha value is -0.970. The summed E-state index contributed by atoms with van der Waals surface area (Å²) in [7, 11) is 4.29. The fourth-order valence-corrected chi connectivity index (χ4v) is 3.16. The van der Waals surface area contributed by atoms with Crippen LogP contribution in [0.1, 0.15) is 25.3 Å². The number of benzene rings is 1. The van der Waals surface area contributed by atoms with Gasteiger partial charge in [-0.1, -0.05) is 18.2 Å². The molecule has 0 amide bonds. The van der Waals surface area contributed by atoms with E-state index < -0.39 is 0 Å². The van der Waals surface area contributed by atoms with Gasteiger partial charge in [-0.3, -0.25) is 4.90 Å². The summed E-state index contributed by atoms with van der Waals surface area (Å²) < 4.78 is 13.9. The largest absolute Gasteiger partial charge is 0.329 e. The summed E-state index contributed by atoms with van der Waals surface area (Å²) in [5.74, 6) is -0.136. The molecule has 2 atom stereocenters. The fraction of sp³-hybridized carbons (Fsp3) is 0.647. The first-order valence-corrected chi connectivity index (χ1v) is 7.81. The Morgan fingerprint density at radius 3 is 2.71 bits per heavy atom. The second kappa shape index (κ2) is 6.86. The van der Waals surface area contributed by atoms with Gasteiger partial charge < -0.3 is 10.6 Å². The molecule has 1 aliphatic heterocycles. The number of nitrogens with zero attached hydrogens (tertiary/aromatic N) is 2. The van der Waals surface area contributed by atoms with E-state index in [0.29, 0.717) is 19.0 Å². The Bertz CT molecular complexity index is 465. The summed E-state index contributed by atoms with van der Waals surface area (Å²) >= 11 is 0. The van der Waals surface area contributed by atoms with Crippen molar-refractivity contribution in [1.29, 1.82) is 0 Å². The van der Waals surface area contributed by atoms with Crippen LogP contribution in [0.5, 0.6) is 0 Å². The quantitative estimate of drug-likeness (QED) is 0.872. The zero-order chi connectivity index (χ0) is 15.5. The van der Waals surface area contributed by atoms with E-state index in [-0.39, 0.29) is 11.4 Å². The lowest BCUT2D eigenvalue weighted by Gasteiger charge is -2.40. The third kappa shape index (κ3) is 3.82. The lowest BCUT2D eigenvalue weighted by molar-refractivity contribution is 0.109. The Kier molecular flexibility index (Phi) is 5.36. The highest BCUT2D eigenvalue weighted by molar-refractivity contribution is 5.20. The molecule has 0 aliphatic carbocycles. The molecule has 2 N–H and O–H groups in total. The van der Waals surface area contributed by atoms with Crippen LogP contribution in [0, 0.1) is 5.82 Å². The summed E-state index contributed by atoms with van der Waals surface area (Å²) in [6.45, 7) is 4.81. The van der Waals surface area contributed by atoms with E-state index >= 15 is 0 Å². The first-order chi connectivity index (χ1) is 9.96. The predicted octanol–water partition coefficient (Wildman–Crippen LogP) is 2.11. The van der Waals surface area contributed by atoms with Gasteiger partial charge in [0.05, 0.1) is 0 Å². The monoisotopic (exact) mass is 293 g/mol. The average molecular weight is 293 g/mol. The van der Waals surface area contributed by atoms with Crippen molar-refractivity contribution in [3.63, 3.8) is 0 Å². The maximum absolute atomic E-state index is 13.9. The molecule has 21 heavy (non-hydrogen) atoms. The molecule has 1 saturated heterocycles. The van der Waals surface area contributed by atoms with Crippen LogP contribution in [0.15, 0.2) is 24.3 Å². The van der Waals surface area contributed by atoms with Crippen LogP contribution in [0.3, 0.4) is 0 Å². The van der Waals surface area contributed by atoms with Crippen LogP contribution in [0.4, 0.5) is 4.39 Å². The fourth-order valence-electron chi connectivity index (χ4n) is 3.16. The van der Waals surface area contributed by atoms with Gasteiger partial charge >= 0.3 is 0 Å². The average Bonchev–Trinajstić information content (AvgIpc) is 2.86.